The Labute approximate surface area is 300 Å². The van der Waals surface area contributed by atoms with E-state index < -0.39 is 11.8 Å². The van der Waals surface area contributed by atoms with Gasteiger partial charge in [-0.1, -0.05) is 73.2 Å². The molecule has 11 nitrogen and oxygen atoms in total. The molecule has 3 saturated heterocycles. The number of nitrogens with zero attached hydrogens (tertiary/aromatic N) is 2. The SMILES string of the molecule is CC(=O)NCCCCCC(=O)NCc1ccc(C2OC(CN3CCC4(CC3)C(=O)NCN4c3ccccc3)CC(c3ccc(CO)cc3)O2)cc1. The third kappa shape index (κ3) is 9.34. The minimum absolute atomic E-state index is 0.0108. The predicted molar refractivity (Wildman–Crippen MR) is 194 cm³/mol. The molecule has 3 amide bonds. The number of hydrogen-bond donors (Lipinski definition) is 4. The second-order valence-corrected chi connectivity index (χ2v) is 13.9. The molecule has 4 N–H and O–H groups in total. The normalized spacial score (nSPS) is 21.7. The van der Waals surface area contributed by atoms with Gasteiger partial charge in [0, 0.05) is 63.7 Å². The summed E-state index contributed by atoms with van der Waals surface area (Å²) < 4.78 is 13.2. The highest BCUT2D eigenvalue weighted by atomic mass is 16.7. The van der Waals surface area contributed by atoms with Gasteiger partial charge in [-0.2, -0.15) is 0 Å². The van der Waals surface area contributed by atoms with E-state index in [9.17, 15) is 19.5 Å². The van der Waals surface area contributed by atoms with Crippen LogP contribution in [0.4, 0.5) is 5.69 Å². The molecule has 3 unspecified atom stereocenters. The Kier molecular flexibility index (Phi) is 12.4. The number of likely N-dealkylation sites (tertiary alicyclic amines) is 1. The fraction of sp³-hybridized carbons (Fsp3) is 0.475. The van der Waals surface area contributed by atoms with E-state index in [1.54, 1.807) is 0 Å². The molecule has 3 aromatic rings. The minimum atomic E-state index is -0.572. The zero-order valence-electron chi connectivity index (χ0n) is 29.5. The molecule has 3 aliphatic rings. The molecular formula is C40H51N5O6. The molecule has 3 aliphatic heterocycles. The number of carbonyl (C=O) groups excluding carboxylic acids is 3. The van der Waals surface area contributed by atoms with Crippen molar-refractivity contribution in [3.05, 3.63) is 101 Å². The van der Waals surface area contributed by atoms with Crippen molar-refractivity contribution in [1.29, 1.82) is 0 Å². The van der Waals surface area contributed by atoms with Crippen molar-refractivity contribution in [3.63, 3.8) is 0 Å². The number of aliphatic hydroxyl groups excluding tert-OH is 1. The molecule has 3 fully saturated rings. The van der Waals surface area contributed by atoms with Crippen LogP contribution in [-0.2, 0) is 37.0 Å². The molecule has 272 valence electrons. The quantitative estimate of drug-likeness (QED) is 0.182. The van der Waals surface area contributed by atoms with Crippen LogP contribution in [0.3, 0.4) is 0 Å². The van der Waals surface area contributed by atoms with Gasteiger partial charge in [-0.05, 0) is 54.5 Å². The fourth-order valence-electron chi connectivity index (χ4n) is 7.39. The highest BCUT2D eigenvalue weighted by Gasteiger charge is 2.50. The summed E-state index contributed by atoms with van der Waals surface area (Å²) in [4.78, 5) is 41.2. The van der Waals surface area contributed by atoms with E-state index in [1.165, 1.54) is 6.92 Å². The first-order valence-corrected chi connectivity index (χ1v) is 18.3. The molecule has 1 spiro atoms. The molecule has 3 aromatic carbocycles. The number of rotatable bonds is 14. The molecule has 0 aliphatic carbocycles. The maximum Gasteiger partial charge on any atom is 0.247 e. The van der Waals surface area contributed by atoms with E-state index in [1.807, 2.05) is 66.7 Å². The topological polar surface area (TPSA) is 132 Å². The summed E-state index contributed by atoms with van der Waals surface area (Å²) >= 11 is 0. The van der Waals surface area contributed by atoms with E-state index in [0.29, 0.717) is 32.6 Å². The minimum Gasteiger partial charge on any atom is -0.392 e. The molecule has 0 saturated carbocycles. The molecule has 6 rings (SSSR count). The summed E-state index contributed by atoms with van der Waals surface area (Å²) in [5.74, 6) is 0.0929. The van der Waals surface area contributed by atoms with Gasteiger partial charge < -0.3 is 40.3 Å². The van der Waals surface area contributed by atoms with Gasteiger partial charge in [-0.25, -0.2) is 0 Å². The van der Waals surface area contributed by atoms with Crippen LogP contribution in [0, 0.1) is 0 Å². The molecular weight excluding hydrogens is 646 g/mol. The summed E-state index contributed by atoms with van der Waals surface area (Å²) in [6.45, 7) is 5.40. The van der Waals surface area contributed by atoms with Gasteiger partial charge in [0.25, 0.3) is 0 Å². The van der Waals surface area contributed by atoms with Crippen LogP contribution in [0.5, 0.6) is 0 Å². The van der Waals surface area contributed by atoms with Crippen molar-refractivity contribution in [2.24, 2.45) is 0 Å². The van der Waals surface area contributed by atoms with Crippen molar-refractivity contribution < 1.29 is 29.0 Å². The summed E-state index contributed by atoms with van der Waals surface area (Å²) in [5, 5.41) is 18.5. The Morgan fingerprint density at radius 2 is 1.59 bits per heavy atom. The number of aliphatic hydroxyl groups is 1. The number of nitrogens with one attached hydrogen (secondary N) is 3. The lowest BCUT2D eigenvalue weighted by molar-refractivity contribution is -0.253. The monoisotopic (exact) mass is 697 g/mol. The third-order valence-corrected chi connectivity index (χ3v) is 10.4. The number of para-hydroxylation sites is 1. The second-order valence-electron chi connectivity index (χ2n) is 13.9. The lowest BCUT2D eigenvalue weighted by Crippen LogP contribution is -2.57. The van der Waals surface area contributed by atoms with Crippen molar-refractivity contribution in [3.8, 4) is 0 Å². The number of hydrogen-bond acceptors (Lipinski definition) is 8. The van der Waals surface area contributed by atoms with Gasteiger partial charge in [-0.15, -0.1) is 0 Å². The predicted octanol–water partition coefficient (Wildman–Crippen LogP) is 4.47. The summed E-state index contributed by atoms with van der Waals surface area (Å²) in [6.07, 6.45) is 4.30. The fourth-order valence-corrected chi connectivity index (χ4v) is 7.39. The Balaban J connectivity index is 1.06. The van der Waals surface area contributed by atoms with Gasteiger partial charge >= 0.3 is 0 Å². The highest BCUT2D eigenvalue weighted by Crippen LogP contribution is 2.40. The number of ether oxygens (including phenoxy) is 2. The van der Waals surface area contributed by atoms with Crippen LogP contribution in [-0.4, -0.2) is 72.2 Å². The average Bonchev–Trinajstić information content (AvgIpc) is 3.47. The van der Waals surface area contributed by atoms with Crippen LogP contribution in [0.1, 0.15) is 86.5 Å². The number of amides is 3. The summed E-state index contributed by atoms with van der Waals surface area (Å²) in [6, 6.07) is 26.1. The van der Waals surface area contributed by atoms with Crippen LogP contribution in [0.2, 0.25) is 0 Å². The van der Waals surface area contributed by atoms with E-state index in [0.717, 1.165) is 79.7 Å². The number of carbonyl (C=O) groups is 3. The lowest BCUT2D eigenvalue weighted by atomic mass is 9.85. The van der Waals surface area contributed by atoms with Crippen molar-refractivity contribution >= 4 is 23.4 Å². The van der Waals surface area contributed by atoms with Gasteiger partial charge in [-0.3, -0.25) is 14.4 Å². The smallest absolute Gasteiger partial charge is 0.247 e. The Hall–Kier alpha value is -4.29. The Morgan fingerprint density at radius 3 is 2.29 bits per heavy atom. The van der Waals surface area contributed by atoms with Crippen LogP contribution in [0.25, 0.3) is 0 Å². The van der Waals surface area contributed by atoms with Gasteiger partial charge in [0.15, 0.2) is 6.29 Å². The third-order valence-electron chi connectivity index (χ3n) is 10.4. The average molecular weight is 698 g/mol. The van der Waals surface area contributed by atoms with Crippen LogP contribution in [0.15, 0.2) is 78.9 Å². The highest BCUT2D eigenvalue weighted by molar-refractivity contribution is 5.93. The zero-order chi connectivity index (χ0) is 35.6. The van der Waals surface area contributed by atoms with E-state index >= 15 is 0 Å². The van der Waals surface area contributed by atoms with E-state index in [-0.39, 0.29) is 36.5 Å². The molecule has 0 aromatic heterocycles. The first kappa shape index (κ1) is 36.5. The van der Waals surface area contributed by atoms with Crippen molar-refractivity contribution in [2.45, 2.75) is 89.1 Å². The maximum atomic E-state index is 13.2. The molecule has 11 heteroatoms. The van der Waals surface area contributed by atoms with E-state index in [4.69, 9.17) is 9.47 Å². The number of anilines is 1. The summed E-state index contributed by atoms with van der Waals surface area (Å²) in [7, 11) is 0. The van der Waals surface area contributed by atoms with Gasteiger partial charge in [0.05, 0.1) is 25.5 Å². The first-order valence-electron chi connectivity index (χ1n) is 18.3. The van der Waals surface area contributed by atoms with Crippen molar-refractivity contribution in [1.82, 2.24) is 20.9 Å². The summed E-state index contributed by atoms with van der Waals surface area (Å²) in [5.41, 5.74) is 4.32. The standard InChI is InChI=1S/C40H51N5O6/c1-29(47)41-21-7-3-6-10-37(48)42-25-30-11-17-33(18-12-30)38-50-35(24-36(51-38)32-15-13-31(27-46)14-16-32)26-44-22-19-40(20-23-44)39(49)43-28-45(40)34-8-4-2-5-9-34/h2,4-5,8-9,11-18,35-36,38,46H,3,6-7,10,19-28H2,1H3,(H,41,47)(H,42,48)(H,43,49). The molecule has 3 atom stereocenters. The van der Waals surface area contributed by atoms with Crippen LogP contribution < -0.4 is 20.9 Å². The number of piperidine rings is 1. The number of unbranched alkanes of at least 4 members (excludes halogenated alkanes) is 2. The van der Waals surface area contributed by atoms with Crippen molar-refractivity contribution in [2.75, 3.05) is 37.7 Å². The molecule has 51 heavy (non-hydrogen) atoms. The van der Waals surface area contributed by atoms with E-state index in [2.05, 4.69) is 37.9 Å². The molecule has 3 heterocycles. The molecule has 0 bridgehead atoms. The lowest BCUT2D eigenvalue weighted by Gasteiger charge is -2.45. The largest absolute Gasteiger partial charge is 0.392 e. The second kappa shape index (κ2) is 17.3. The Bertz CT molecular complexity index is 1590. The Morgan fingerprint density at radius 1 is 0.882 bits per heavy atom. The van der Waals surface area contributed by atoms with Crippen LogP contribution >= 0.6 is 0 Å². The number of benzene rings is 3. The molecule has 0 radical (unpaired) electrons. The zero-order valence-corrected chi connectivity index (χ0v) is 29.5. The van der Waals surface area contributed by atoms with Gasteiger partial charge in [0.2, 0.25) is 17.7 Å². The first-order chi connectivity index (χ1) is 24.8. The maximum absolute atomic E-state index is 13.2. The van der Waals surface area contributed by atoms with Gasteiger partial charge in [0.1, 0.15) is 5.54 Å².